The molecule has 0 radical (unpaired) electrons. The molecule has 2 aliphatic rings. The highest BCUT2D eigenvalue weighted by Gasteiger charge is 2.41. The maximum Gasteiger partial charge on any atom is 0.254 e. The molecule has 2 N–H and O–H groups in total. The quantitative estimate of drug-likeness (QED) is 0.336. The Bertz CT molecular complexity index is 1520. The average molecular weight is 553 g/mol. The summed E-state index contributed by atoms with van der Waals surface area (Å²) in [5.74, 6) is 1.26. The monoisotopic (exact) mass is 552 g/mol. The lowest BCUT2D eigenvalue weighted by atomic mass is 9.71. The summed E-state index contributed by atoms with van der Waals surface area (Å²) >= 11 is 0. The number of hydrogen-bond donors (Lipinski definition) is 2. The van der Waals surface area contributed by atoms with Crippen LogP contribution in [0.2, 0.25) is 0 Å². The van der Waals surface area contributed by atoms with Crippen LogP contribution in [0.25, 0.3) is 0 Å². The third-order valence-corrected chi connectivity index (χ3v) is 7.79. The number of methoxy groups -OCH3 is 2. The normalized spacial score (nSPS) is 18.4. The van der Waals surface area contributed by atoms with E-state index in [1.54, 1.807) is 14.2 Å². The van der Waals surface area contributed by atoms with Crippen LogP contribution in [0.3, 0.4) is 0 Å². The highest BCUT2D eigenvalue weighted by Crippen LogP contribution is 2.46. The lowest BCUT2D eigenvalue weighted by Gasteiger charge is -2.37. The number of rotatable bonds is 8. The molecular weight excluding hydrogens is 516 g/mol. The summed E-state index contributed by atoms with van der Waals surface area (Å²) in [6, 6.07) is 21.2. The Labute approximate surface area is 241 Å². The second-order valence-electron chi connectivity index (χ2n) is 10.5. The third kappa shape index (κ3) is 5.71. The fourth-order valence-corrected chi connectivity index (χ4v) is 5.77. The smallest absolute Gasteiger partial charge is 0.254 e. The highest BCUT2D eigenvalue weighted by atomic mass is 16.5. The van der Waals surface area contributed by atoms with Crippen LogP contribution in [-0.2, 0) is 9.59 Å². The molecule has 0 saturated heterocycles. The third-order valence-electron chi connectivity index (χ3n) is 7.79. The predicted molar refractivity (Wildman–Crippen MR) is 160 cm³/mol. The van der Waals surface area contributed by atoms with Crippen LogP contribution in [-0.4, -0.2) is 32.5 Å². The second kappa shape index (κ2) is 11.9. The number of benzene rings is 3. The van der Waals surface area contributed by atoms with E-state index in [1.807, 2.05) is 87.5 Å². The van der Waals surface area contributed by atoms with Crippen LogP contribution in [0.1, 0.15) is 55.2 Å². The lowest BCUT2D eigenvalue weighted by molar-refractivity contribution is -0.116. The number of allylic oxidation sites excluding steroid dienone is 3. The van der Waals surface area contributed by atoms with E-state index in [-0.39, 0.29) is 17.6 Å². The molecule has 41 heavy (non-hydrogen) atoms. The van der Waals surface area contributed by atoms with Gasteiger partial charge in [-0.25, -0.2) is 0 Å². The van der Waals surface area contributed by atoms with Gasteiger partial charge in [0.1, 0.15) is 5.75 Å². The summed E-state index contributed by atoms with van der Waals surface area (Å²) in [5, 5.41) is 6.50. The van der Waals surface area contributed by atoms with Gasteiger partial charge in [0.15, 0.2) is 17.3 Å². The van der Waals surface area contributed by atoms with E-state index in [4.69, 9.17) is 14.2 Å². The van der Waals surface area contributed by atoms with E-state index in [2.05, 4.69) is 10.6 Å². The number of ether oxygens (including phenoxy) is 3. The van der Waals surface area contributed by atoms with Crippen LogP contribution in [0, 0.1) is 6.92 Å². The van der Waals surface area contributed by atoms with Crippen molar-refractivity contribution in [3.05, 3.63) is 106 Å². The van der Waals surface area contributed by atoms with E-state index in [0.717, 1.165) is 33.8 Å². The molecule has 1 aliphatic carbocycles. The summed E-state index contributed by atoms with van der Waals surface area (Å²) in [7, 11) is 3.21. The minimum atomic E-state index is -0.508. The Balaban J connectivity index is 1.53. The molecule has 0 spiro atoms. The van der Waals surface area contributed by atoms with Gasteiger partial charge in [-0.1, -0.05) is 35.9 Å². The van der Waals surface area contributed by atoms with Gasteiger partial charge < -0.3 is 24.8 Å². The van der Waals surface area contributed by atoms with Crippen molar-refractivity contribution in [3.8, 4) is 17.2 Å². The number of ketones is 1. The van der Waals surface area contributed by atoms with Crippen LogP contribution in [0.5, 0.6) is 17.2 Å². The standard InChI is InChI=1S/C34H36N2O5/c1-6-41-26-14-9-22(10-15-26)32-31(34(38)36-25-12-7-20(2)8-13-25)21(3)35-27-17-24(18-28(37)33(27)32)23-11-16-29(39-4)30(19-23)40-5/h7-16,19,24,32,35H,6,17-18H2,1-5H3,(H,36,38)/t24-,32+/m1/s1. The van der Waals surface area contributed by atoms with Crippen molar-refractivity contribution >= 4 is 17.4 Å². The number of hydrogen-bond acceptors (Lipinski definition) is 6. The van der Waals surface area contributed by atoms with Crippen molar-refractivity contribution < 1.29 is 23.8 Å². The SMILES string of the molecule is CCOc1ccc([C@H]2C(C(=O)Nc3ccc(C)cc3)=C(C)NC3=C2C(=O)C[C@H](c2ccc(OC)c(OC)c2)C3)cc1. The van der Waals surface area contributed by atoms with Gasteiger partial charge in [0.25, 0.3) is 5.91 Å². The highest BCUT2D eigenvalue weighted by molar-refractivity contribution is 6.10. The Kier molecular flexibility index (Phi) is 8.15. The van der Waals surface area contributed by atoms with Crippen LogP contribution >= 0.6 is 0 Å². The first-order chi connectivity index (χ1) is 19.8. The van der Waals surface area contributed by atoms with Crippen molar-refractivity contribution in [2.45, 2.75) is 45.4 Å². The van der Waals surface area contributed by atoms with Gasteiger partial charge in [0.05, 0.1) is 20.8 Å². The first-order valence-corrected chi connectivity index (χ1v) is 13.9. The zero-order valence-corrected chi connectivity index (χ0v) is 24.2. The molecule has 1 aliphatic heterocycles. The molecule has 0 bridgehead atoms. The largest absolute Gasteiger partial charge is 0.494 e. The Morgan fingerprint density at radius 3 is 2.24 bits per heavy atom. The average Bonchev–Trinajstić information content (AvgIpc) is 2.97. The molecule has 7 nitrogen and oxygen atoms in total. The molecule has 3 aromatic carbocycles. The molecule has 2 atom stereocenters. The Hall–Kier alpha value is -4.52. The summed E-state index contributed by atoms with van der Waals surface area (Å²) in [5.41, 5.74) is 6.45. The molecule has 1 amide bonds. The number of anilines is 1. The molecule has 212 valence electrons. The molecule has 3 aromatic rings. The van der Waals surface area contributed by atoms with Crippen molar-refractivity contribution in [1.82, 2.24) is 5.32 Å². The number of carbonyl (C=O) groups is 2. The number of amides is 1. The van der Waals surface area contributed by atoms with Gasteiger partial charge >= 0.3 is 0 Å². The van der Waals surface area contributed by atoms with Crippen molar-refractivity contribution in [2.24, 2.45) is 0 Å². The fourth-order valence-electron chi connectivity index (χ4n) is 5.77. The molecule has 0 unspecified atom stereocenters. The second-order valence-corrected chi connectivity index (χ2v) is 10.5. The van der Waals surface area contributed by atoms with Gasteiger partial charge in [0.2, 0.25) is 0 Å². The summed E-state index contributed by atoms with van der Waals surface area (Å²) in [6.45, 7) is 6.40. The Morgan fingerprint density at radius 1 is 0.902 bits per heavy atom. The molecule has 0 fully saturated rings. The fraction of sp³-hybridized carbons (Fsp3) is 0.294. The van der Waals surface area contributed by atoms with Crippen LogP contribution in [0.4, 0.5) is 5.69 Å². The van der Waals surface area contributed by atoms with Gasteiger partial charge in [-0.3, -0.25) is 9.59 Å². The number of Topliss-reactive ketones (excluding diaryl/α,β-unsaturated/α-hetero) is 1. The topological polar surface area (TPSA) is 85.9 Å². The Morgan fingerprint density at radius 2 is 1.59 bits per heavy atom. The number of carbonyl (C=O) groups excluding carboxylic acids is 2. The van der Waals surface area contributed by atoms with Gasteiger partial charge in [-0.15, -0.1) is 0 Å². The van der Waals surface area contributed by atoms with Crippen molar-refractivity contribution in [1.29, 1.82) is 0 Å². The van der Waals surface area contributed by atoms with E-state index in [0.29, 0.717) is 47.8 Å². The van der Waals surface area contributed by atoms with E-state index < -0.39 is 5.92 Å². The van der Waals surface area contributed by atoms with Crippen LogP contribution in [0.15, 0.2) is 89.3 Å². The van der Waals surface area contributed by atoms with Gasteiger partial charge in [-0.05, 0) is 80.6 Å². The minimum Gasteiger partial charge on any atom is -0.494 e. The zero-order valence-electron chi connectivity index (χ0n) is 24.2. The maximum atomic E-state index is 14.0. The molecule has 1 heterocycles. The maximum absolute atomic E-state index is 14.0. The first-order valence-electron chi connectivity index (χ1n) is 13.9. The first kappa shape index (κ1) is 28.0. The molecule has 7 heteroatoms. The van der Waals surface area contributed by atoms with E-state index in [1.165, 1.54) is 0 Å². The molecule has 0 saturated carbocycles. The number of aryl methyl sites for hydroxylation is 1. The number of dihydropyridines is 1. The van der Waals surface area contributed by atoms with Crippen molar-refractivity contribution in [2.75, 3.05) is 26.1 Å². The summed E-state index contributed by atoms with van der Waals surface area (Å²) in [4.78, 5) is 27.8. The van der Waals surface area contributed by atoms with Crippen LogP contribution < -0.4 is 24.8 Å². The van der Waals surface area contributed by atoms with Gasteiger partial charge in [-0.2, -0.15) is 0 Å². The van der Waals surface area contributed by atoms with E-state index in [9.17, 15) is 9.59 Å². The lowest BCUT2D eigenvalue weighted by Crippen LogP contribution is -2.37. The molecular formula is C34H36N2O5. The predicted octanol–water partition coefficient (Wildman–Crippen LogP) is 6.41. The number of nitrogens with one attached hydrogen (secondary N) is 2. The minimum absolute atomic E-state index is 0.0190. The van der Waals surface area contributed by atoms with E-state index >= 15 is 0 Å². The molecule has 0 aromatic heterocycles. The summed E-state index contributed by atoms with van der Waals surface area (Å²) in [6.07, 6.45) is 0.962. The molecule has 5 rings (SSSR count). The zero-order chi connectivity index (χ0) is 29.1. The van der Waals surface area contributed by atoms with Crippen molar-refractivity contribution in [3.63, 3.8) is 0 Å². The summed E-state index contributed by atoms with van der Waals surface area (Å²) < 4.78 is 16.6. The van der Waals surface area contributed by atoms with Gasteiger partial charge in [0, 0.05) is 40.6 Å².